The summed E-state index contributed by atoms with van der Waals surface area (Å²) < 4.78 is 5.80. The van der Waals surface area contributed by atoms with Gasteiger partial charge in [-0.3, -0.25) is 4.79 Å². The number of amides is 1. The Labute approximate surface area is 138 Å². The molecule has 0 fully saturated rings. The molecule has 0 aliphatic rings. The lowest BCUT2D eigenvalue weighted by atomic mass is 9.89. The molecule has 0 spiro atoms. The Morgan fingerprint density at radius 1 is 1.39 bits per heavy atom. The number of carbonyl (C=O) groups excluding carboxylic acids is 1. The maximum Gasteiger partial charge on any atom is 0.261 e. The van der Waals surface area contributed by atoms with E-state index >= 15 is 0 Å². The van der Waals surface area contributed by atoms with E-state index < -0.39 is 6.10 Å². The van der Waals surface area contributed by atoms with E-state index in [1.807, 2.05) is 27.7 Å². The lowest BCUT2D eigenvalue weighted by Crippen LogP contribution is -2.45. The van der Waals surface area contributed by atoms with Crippen molar-refractivity contribution in [2.45, 2.75) is 40.2 Å². The van der Waals surface area contributed by atoms with E-state index in [0.717, 1.165) is 0 Å². The summed E-state index contributed by atoms with van der Waals surface area (Å²) in [6.07, 6.45) is -0.0630. The Bertz CT molecular complexity index is 562. The molecular weight excluding hydrogens is 292 g/mol. The van der Waals surface area contributed by atoms with Crippen LogP contribution in [0.25, 0.3) is 0 Å². The lowest BCUT2D eigenvalue weighted by Gasteiger charge is -2.27. The quantitative estimate of drug-likeness (QED) is 0.771. The zero-order valence-corrected chi connectivity index (χ0v) is 14.3. The van der Waals surface area contributed by atoms with Crippen molar-refractivity contribution in [3.05, 3.63) is 29.8 Å². The van der Waals surface area contributed by atoms with Crippen LogP contribution in [0.3, 0.4) is 0 Å². The number of hydrogen-bond acceptors (Lipinski definition) is 4. The molecule has 0 aromatic heterocycles. The minimum atomic E-state index is -0.672. The van der Waals surface area contributed by atoms with Gasteiger partial charge in [-0.25, -0.2) is 0 Å². The summed E-state index contributed by atoms with van der Waals surface area (Å²) in [5, 5.41) is 21.1. The third-order valence-corrected chi connectivity index (χ3v) is 3.66. The number of aliphatic hydroxyl groups is 1. The number of hydrogen-bond donors (Lipinski definition) is 2. The average molecular weight is 318 g/mol. The van der Waals surface area contributed by atoms with E-state index in [4.69, 9.17) is 15.1 Å². The Hall–Kier alpha value is -2.06. The standard InChI is InChI=1S/C18H26N2O3/c1-13(2)16(17(22)20-12-18(3,4)9-10-21)23-15-8-6-5-7-14(15)11-19/h5-8,13,16,21H,9-10,12H2,1-4H3,(H,20,22). The van der Waals surface area contributed by atoms with Crippen molar-refractivity contribution in [1.29, 1.82) is 5.26 Å². The molecule has 0 saturated carbocycles. The van der Waals surface area contributed by atoms with Crippen molar-refractivity contribution in [2.75, 3.05) is 13.2 Å². The van der Waals surface area contributed by atoms with E-state index in [1.54, 1.807) is 24.3 Å². The molecule has 1 amide bonds. The molecule has 0 radical (unpaired) electrons. The second kappa shape index (κ2) is 8.54. The van der Waals surface area contributed by atoms with Crippen molar-refractivity contribution in [2.24, 2.45) is 11.3 Å². The Balaban J connectivity index is 2.79. The number of ether oxygens (including phenoxy) is 1. The van der Waals surface area contributed by atoms with E-state index in [0.29, 0.717) is 24.3 Å². The van der Waals surface area contributed by atoms with E-state index in [9.17, 15) is 4.79 Å². The molecule has 2 N–H and O–H groups in total. The number of carbonyl (C=O) groups is 1. The van der Waals surface area contributed by atoms with Crippen molar-refractivity contribution < 1.29 is 14.6 Å². The first-order valence-corrected chi connectivity index (χ1v) is 7.85. The molecule has 126 valence electrons. The second-order valence-corrected chi connectivity index (χ2v) is 6.75. The molecular formula is C18H26N2O3. The number of nitrogens with zero attached hydrogens (tertiary/aromatic N) is 1. The third kappa shape index (κ3) is 5.91. The fourth-order valence-electron chi connectivity index (χ4n) is 2.11. The predicted molar refractivity (Wildman–Crippen MR) is 88.9 cm³/mol. The molecule has 0 bridgehead atoms. The number of para-hydroxylation sites is 1. The van der Waals surface area contributed by atoms with Gasteiger partial charge in [0.1, 0.15) is 11.8 Å². The molecule has 0 aliphatic carbocycles. The fourth-order valence-corrected chi connectivity index (χ4v) is 2.11. The first-order valence-electron chi connectivity index (χ1n) is 7.85. The number of aliphatic hydroxyl groups excluding tert-OH is 1. The summed E-state index contributed by atoms with van der Waals surface area (Å²) in [6.45, 7) is 8.32. The fraction of sp³-hybridized carbons (Fsp3) is 0.556. The highest BCUT2D eigenvalue weighted by Gasteiger charge is 2.27. The summed E-state index contributed by atoms with van der Waals surface area (Å²) in [6, 6.07) is 8.95. The van der Waals surface area contributed by atoms with Gasteiger partial charge in [-0.2, -0.15) is 5.26 Å². The van der Waals surface area contributed by atoms with Crippen molar-refractivity contribution in [3.8, 4) is 11.8 Å². The van der Waals surface area contributed by atoms with Gasteiger partial charge in [0, 0.05) is 13.2 Å². The van der Waals surface area contributed by atoms with Crippen molar-refractivity contribution in [3.63, 3.8) is 0 Å². The zero-order chi connectivity index (χ0) is 17.5. The molecule has 5 nitrogen and oxygen atoms in total. The molecule has 1 aromatic carbocycles. The van der Waals surface area contributed by atoms with Gasteiger partial charge in [-0.05, 0) is 29.9 Å². The zero-order valence-electron chi connectivity index (χ0n) is 14.3. The van der Waals surface area contributed by atoms with Crippen LogP contribution in [0, 0.1) is 22.7 Å². The summed E-state index contributed by atoms with van der Waals surface area (Å²) in [4.78, 5) is 12.5. The maximum absolute atomic E-state index is 12.5. The normalized spacial score (nSPS) is 12.6. The van der Waals surface area contributed by atoms with Crippen LogP contribution in [0.2, 0.25) is 0 Å². The Kier molecular flexibility index (Phi) is 7.05. The number of nitriles is 1. The summed E-state index contributed by atoms with van der Waals surface area (Å²) in [7, 11) is 0. The van der Waals surface area contributed by atoms with Gasteiger partial charge in [0.05, 0.1) is 5.56 Å². The molecule has 23 heavy (non-hydrogen) atoms. The van der Waals surface area contributed by atoms with Crippen LogP contribution < -0.4 is 10.1 Å². The molecule has 0 aliphatic heterocycles. The maximum atomic E-state index is 12.5. The van der Waals surface area contributed by atoms with Gasteiger partial charge in [-0.15, -0.1) is 0 Å². The third-order valence-electron chi connectivity index (χ3n) is 3.66. The molecule has 5 heteroatoms. The van der Waals surface area contributed by atoms with Crippen LogP contribution in [0.15, 0.2) is 24.3 Å². The highest BCUT2D eigenvalue weighted by molar-refractivity contribution is 5.81. The molecule has 0 saturated heterocycles. The van der Waals surface area contributed by atoms with E-state index in [2.05, 4.69) is 11.4 Å². The minimum Gasteiger partial charge on any atom is -0.479 e. The molecule has 1 atom stereocenters. The molecule has 0 heterocycles. The Morgan fingerprint density at radius 3 is 2.61 bits per heavy atom. The average Bonchev–Trinajstić information content (AvgIpc) is 2.50. The van der Waals surface area contributed by atoms with Crippen LogP contribution in [0.4, 0.5) is 0 Å². The van der Waals surface area contributed by atoms with Crippen LogP contribution in [0.5, 0.6) is 5.75 Å². The van der Waals surface area contributed by atoms with Gasteiger partial charge in [0.25, 0.3) is 5.91 Å². The van der Waals surface area contributed by atoms with Gasteiger partial charge in [-0.1, -0.05) is 39.8 Å². The first-order chi connectivity index (χ1) is 10.8. The SMILES string of the molecule is CC(C)C(Oc1ccccc1C#N)C(=O)NCC(C)(C)CCO. The summed E-state index contributed by atoms with van der Waals surface area (Å²) in [5.74, 6) is 0.167. The van der Waals surface area contributed by atoms with Gasteiger partial charge >= 0.3 is 0 Å². The number of benzene rings is 1. The van der Waals surface area contributed by atoms with Crippen LogP contribution in [-0.2, 0) is 4.79 Å². The van der Waals surface area contributed by atoms with E-state index in [1.165, 1.54) is 0 Å². The number of rotatable bonds is 8. The highest BCUT2D eigenvalue weighted by atomic mass is 16.5. The lowest BCUT2D eigenvalue weighted by molar-refractivity contribution is -0.130. The van der Waals surface area contributed by atoms with Gasteiger partial charge in [0.15, 0.2) is 6.10 Å². The van der Waals surface area contributed by atoms with E-state index in [-0.39, 0.29) is 23.8 Å². The van der Waals surface area contributed by atoms with Crippen LogP contribution >= 0.6 is 0 Å². The smallest absolute Gasteiger partial charge is 0.261 e. The monoisotopic (exact) mass is 318 g/mol. The predicted octanol–water partition coefficient (Wildman–Crippen LogP) is 2.49. The van der Waals surface area contributed by atoms with Crippen molar-refractivity contribution in [1.82, 2.24) is 5.32 Å². The minimum absolute atomic E-state index is 0.0392. The summed E-state index contributed by atoms with van der Waals surface area (Å²) >= 11 is 0. The van der Waals surface area contributed by atoms with Gasteiger partial charge in [0.2, 0.25) is 0 Å². The molecule has 1 rings (SSSR count). The van der Waals surface area contributed by atoms with Crippen LogP contribution in [0.1, 0.15) is 39.7 Å². The Morgan fingerprint density at radius 2 is 2.04 bits per heavy atom. The van der Waals surface area contributed by atoms with Gasteiger partial charge < -0.3 is 15.2 Å². The first kappa shape index (κ1) is 19.0. The number of nitrogens with one attached hydrogen (secondary N) is 1. The largest absolute Gasteiger partial charge is 0.479 e. The summed E-state index contributed by atoms with van der Waals surface area (Å²) in [5.41, 5.74) is 0.225. The molecule has 1 aromatic rings. The van der Waals surface area contributed by atoms with Crippen LogP contribution in [-0.4, -0.2) is 30.3 Å². The topological polar surface area (TPSA) is 82.3 Å². The highest BCUT2D eigenvalue weighted by Crippen LogP contribution is 2.22. The molecule has 1 unspecified atom stereocenters. The second-order valence-electron chi connectivity index (χ2n) is 6.75. The van der Waals surface area contributed by atoms with Crippen molar-refractivity contribution >= 4 is 5.91 Å².